The first-order valence-corrected chi connectivity index (χ1v) is 10.9. The number of carbonyl (C=O) groups is 2. The highest BCUT2D eigenvalue weighted by Gasteiger charge is 2.31. The topological polar surface area (TPSA) is 80.3 Å². The molecule has 2 aromatic rings. The summed E-state index contributed by atoms with van der Waals surface area (Å²) in [5.41, 5.74) is 2.10. The Balaban J connectivity index is 1.71. The van der Waals surface area contributed by atoms with Crippen LogP contribution in [0.4, 0.5) is 11.4 Å². The molecule has 33 heavy (non-hydrogen) atoms. The number of methoxy groups -OCH3 is 1. The molecule has 1 aliphatic heterocycles. The predicted molar refractivity (Wildman–Crippen MR) is 129 cm³/mol. The molecule has 0 fully saturated rings. The van der Waals surface area contributed by atoms with Crippen molar-refractivity contribution in [2.24, 2.45) is 0 Å². The van der Waals surface area contributed by atoms with Gasteiger partial charge >= 0.3 is 0 Å². The van der Waals surface area contributed by atoms with Gasteiger partial charge in [0.25, 0.3) is 5.91 Å². The molecule has 8 nitrogen and oxygen atoms in total. The summed E-state index contributed by atoms with van der Waals surface area (Å²) in [6, 6.07) is 10.8. The highest BCUT2D eigenvalue weighted by atomic mass is 16.5. The van der Waals surface area contributed by atoms with Gasteiger partial charge in [-0.1, -0.05) is 6.07 Å². The number of nitrogens with one attached hydrogen (secondary N) is 1. The molecule has 176 valence electrons. The number of hydrogen-bond acceptors (Lipinski definition) is 6. The molecular formula is C25H31N3O5. The van der Waals surface area contributed by atoms with E-state index in [2.05, 4.69) is 5.32 Å². The number of nitrogens with zero attached hydrogens (tertiary/aromatic N) is 2. The van der Waals surface area contributed by atoms with E-state index >= 15 is 0 Å². The maximum atomic E-state index is 12.6. The van der Waals surface area contributed by atoms with E-state index in [-0.39, 0.29) is 11.8 Å². The van der Waals surface area contributed by atoms with Gasteiger partial charge in [0.2, 0.25) is 5.91 Å². The van der Waals surface area contributed by atoms with Crippen LogP contribution in [-0.4, -0.2) is 63.7 Å². The zero-order valence-corrected chi connectivity index (χ0v) is 19.8. The third kappa shape index (κ3) is 6.04. The van der Waals surface area contributed by atoms with Gasteiger partial charge in [0.15, 0.2) is 17.6 Å². The van der Waals surface area contributed by atoms with E-state index in [1.165, 1.54) is 6.08 Å². The van der Waals surface area contributed by atoms with Gasteiger partial charge in [-0.15, -0.1) is 0 Å². The smallest absolute Gasteiger partial charge is 0.267 e. The molecule has 0 saturated heterocycles. The number of benzene rings is 2. The van der Waals surface area contributed by atoms with E-state index in [1.807, 2.05) is 44.1 Å². The maximum Gasteiger partial charge on any atom is 0.267 e. The quantitative estimate of drug-likeness (QED) is 0.586. The Kier molecular flexibility index (Phi) is 7.95. The molecule has 8 heteroatoms. The van der Waals surface area contributed by atoms with E-state index in [0.29, 0.717) is 41.8 Å². The average Bonchev–Trinajstić information content (AvgIpc) is 2.78. The normalized spacial score (nSPS) is 15.4. The molecule has 1 atom stereocenters. The van der Waals surface area contributed by atoms with Crippen molar-refractivity contribution in [3.8, 4) is 17.2 Å². The maximum absolute atomic E-state index is 12.6. The number of likely N-dealkylation sites (N-methyl/N-ethyl adjacent to an activating group) is 1. The van der Waals surface area contributed by atoms with Gasteiger partial charge in [-0.3, -0.25) is 9.59 Å². The Morgan fingerprint density at radius 2 is 2.00 bits per heavy atom. The van der Waals surface area contributed by atoms with Crippen LogP contribution in [0.5, 0.6) is 17.2 Å². The second-order valence-corrected chi connectivity index (χ2v) is 7.90. The van der Waals surface area contributed by atoms with Crippen LogP contribution in [0.15, 0.2) is 42.5 Å². The van der Waals surface area contributed by atoms with Crippen LogP contribution in [0.3, 0.4) is 0 Å². The number of amides is 2. The van der Waals surface area contributed by atoms with Gasteiger partial charge in [-0.2, -0.15) is 0 Å². The Hall–Kier alpha value is -3.52. The number of carbonyl (C=O) groups excluding carboxylic acids is 2. The fraction of sp³-hybridized carbons (Fsp3) is 0.360. The molecule has 0 radical (unpaired) electrons. The summed E-state index contributed by atoms with van der Waals surface area (Å²) in [5.74, 6) is 1.47. The van der Waals surface area contributed by atoms with Crippen LogP contribution in [0.1, 0.15) is 19.4 Å². The molecule has 0 bridgehead atoms. The minimum Gasteiger partial charge on any atom is -0.493 e. The highest BCUT2D eigenvalue weighted by Crippen LogP contribution is 2.36. The Morgan fingerprint density at radius 1 is 1.21 bits per heavy atom. The standard InChI is InChI=1S/C25H31N3O5/c1-6-32-21-11-7-18(15-23(21)31-5)8-12-24(29)26-19-9-10-20-22(16-19)33-17(2)25(30)28(20)14-13-27(3)4/h7-12,15-17H,6,13-14H2,1-5H3,(H,26,29)/b12-8+. The summed E-state index contributed by atoms with van der Waals surface area (Å²) < 4.78 is 16.6. The van der Waals surface area contributed by atoms with E-state index < -0.39 is 6.10 Å². The fourth-order valence-electron chi connectivity index (χ4n) is 3.44. The van der Waals surface area contributed by atoms with Crippen molar-refractivity contribution in [2.45, 2.75) is 20.0 Å². The van der Waals surface area contributed by atoms with Crippen molar-refractivity contribution in [1.29, 1.82) is 0 Å². The van der Waals surface area contributed by atoms with Crippen LogP contribution in [-0.2, 0) is 9.59 Å². The highest BCUT2D eigenvalue weighted by molar-refractivity contribution is 6.03. The number of fused-ring (bicyclic) bond motifs is 1. The van der Waals surface area contributed by atoms with Crippen molar-refractivity contribution in [1.82, 2.24) is 4.90 Å². The van der Waals surface area contributed by atoms with E-state index in [9.17, 15) is 9.59 Å². The molecular weight excluding hydrogens is 422 g/mol. The first-order chi connectivity index (χ1) is 15.8. The molecule has 1 heterocycles. The first-order valence-electron chi connectivity index (χ1n) is 10.9. The zero-order chi connectivity index (χ0) is 24.0. The van der Waals surface area contributed by atoms with Crippen molar-refractivity contribution in [3.05, 3.63) is 48.0 Å². The summed E-state index contributed by atoms with van der Waals surface area (Å²) in [6.07, 6.45) is 2.57. The van der Waals surface area contributed by atoms with Gasteiger partial charge in [0.05, 0.1) is 19.4 Å². The molecule has 1 aliphatic rings. The molecule has 0 aromatic heterocycles. The van der Waals surface area contributed by atoms with Crippen molar-refractivity contribution >= 4 is 29.3 Å². The van der Waals surface area contributed by atoms with E-state index in [0.717, 1.165) is 12.1 Å². The van der Waals surface area contributed by atoms with Gasteiger partial charge in [-0.25, -0.2) is 0 Å². The molecule has 2 aromatic carbocycles. The lowest BCUT2D eigenvalue weighted by atomic mass is 10.1. The molecule has 2 amide bonds. The lowest BCUT2D eigenvalue weighted by molar-refractivity contribution is -0.125. The minimum atomic E-state index is -0.583. The number of ether oxygens (including phenoxy) is 3. The number of rotatable bonds is 9. The summed E-state index contributed by atoms with van der Waals surface area (Å²) >= 11 is 0. The van der Waals surface area contributed by atoms with Gasteiger partial charge in [-0.05, 0) is 63.8 Å². The van der Waals surface area contributed by atoms with Crippen molar-refractivity contribution in [3.63, 3.8) is 0 Å². The molecule has 0 spiro atoms. The van der Waals surface area contributed by atoms with E-state index in [1.54, 1.807) is 43.2 Å². The lowest BCUT2D eigenvalue weighted by Gasteiger charge is -2.34. The second kappa shape index (κ2) is 10.9. The third-order valence-electron chi connectivity index (χ3n) is 5.12. The van der Waals surface area contributed by atoms with Crippen LogP contribution in [0.25, 0.3) is 6.08 Å². The van der Waals surface area contributed by atoms with Crippen LogP contribution in [0.2, 0.25) is 0 Å². The van der Waals surface area contributed by atoms with E-state index in [4.69, 9.17) is 14.2 Å². The van der Waals surface area contributed by atoms with Crippen LogP contribution < -0.4 is 24.4 Å². The van der Waals surface area contributed by atoms with Crippen LogP contribution in [0, 0.1) is 0 Å². The Labute approximate surface area is 194 Å². The fourth-order valence-corrected chi connectivity index (χ4v) is 3.44. The molecule has 0 saturated carbocycles. The van der Waals surface area contributed by atoms with Crippen LogP contribution >= 0.6 is 0 Å². The minimum absolute atomic E-state index is 0.0742. The zero-order valence-electron chi connectivity index (χ0n) is 19.8. The molecule has 0 aliphatic carbocycles. The SMILES string of the molecule is CCOc1ccc(/C=C/C(=O)Nc2ccc3c(c2)OC(C)C(=O)N3CCN(C)C)cc1OC. The van der Waals surface area contributed by atoms with Gasteiger partial charge in [0, 0.05) is 30.9 Å². The second-order valence-electron chi connectivity index (χ2n) is 7.90. The largest absolute Gasteiger partial charge is 0.493 e. The van der Waals surface area contributed by atoms with Gasteiger partial charge < -0.3 is 29.3 Å². The summed E-state index contributed by atoms with van der Waals surface area (Å²) in [7, 11) is 5.50. The van der Waals surface area contributed by atoms with Crippen molar-refractivity contribution in [2.75, 3.05) is 51.1 Å². The average molecular weight is 454 g/mol. The summed E-state index contributed by atoms with van der Waals surface area (Å²) in [4.78, 5) is 28.8. The lowest BCUT2D eigenvalue weighted by Crippen LogP contribution is -2.46. The predicted octanol–water partition coefficient (Wildman–Crippen LogP) is 3.42. The monoisotopic (exact) mass is 453 g/mol. The summed E-state index contributed by atoms with van der Waals surface area (Å²) in [6.45, 7) is 5.47. The Morgan fingerprint density at radius 3 is 2.70 bits per heavy atom. The molecule has 1 unspecified atom stereocenters. The molecule has 1 N–H and O–H groups in total. The first kappa shape index (κ1) is 24.1. The number of anilines is 2. The molecule has 3 rings (SSSR count). The van der Waals surface area contributed by atoms with Crippen molar-refractivity contribution < 1.29 is 23.8 Å². The third-order valence-corrected chi connectivity index (χ3v) is 5.12. The summed E-state index contributed by atoms with van der Waals surface area (Å²) in [5, 5.41) is 2.84. The number of hydrogen-bond donors (Lipinski definition) is 1. The Bertz CT molecular complexity index is 1030. The van der Waals surface area contributed by atoms with Gasteiger partial charge in [0.1, 0.15) is 5.75 Å².